The van der Waals surface area contributed by atoms with Crippen molar-refractivity contribution in [2.45, 2.75) is 26.1 Å². The third kappa shape index (κ3) is 6.10. The predicted molar refractivity (Wildman–Crippen MR) is 101 cm³/mol. The van der Waals surface area contributed by atoms with E-state index in [1.54, 1.807) is 0 Å². The van der Waals surface area contributed by atoms with Crippen molar-refractivity contribution in [2.75, 3.05) is 6.54 Å². The fourth-order valence-electron chi connectivity index (χ4n) is 2.68. The third-order valence-corrected chi connectivity index (χ3v) is 3.97. The van der Waals surface area contributed by atoms with Gasteiger partial charge in [-0.2, -0.15) is 0 Å². The molecule has 2 heterocycles. The summed E-state index contributed by atoms with van der Waals surface area (Å²) >= 11 is 0. The third-order valence-electron chi connectivity index (χ3n) is 3.97. The molecule has 0 atom stereocenters. The maximum absolute atomic E-state index is 4.34. The molecule has 1 aromatic carbocycles. The minimum absolute atomic E-state index is 0.785. The number of benzene rings is 1. The van der Waals surface area contributed by atoms with Gasteiger partial charge in [-0.05, 0) is 35.4 Å². The van der Waals surface area contributed by atoms with Gasteiger partial charge in [0, 0.05) is 50.7 Å². The normalized spacial score (nSPS) is 10.7. The van der Waals surface area contributed by atoms with E-state index in [0.717, 1.165) is 44.0 Å². The molecule has 0 amide bonds. The molecule has 0 aliphatic carbocycles. The molecule has 2 aromatic heterocycles. The molecule has 4 heteroatoms. The van der Waals surface area contributed by atoms with Gasteiger partial charge in [-0.3, -0.25) is 9.97 Å². The zero-order valence-corrected chi connectivity index (χ0v) is 14.4. The Morgan fingerprint density at radius 3 is 2.00 bits per heavy atom. The topological polar surface area (TPSA) is 49.8 Å². The number of nitrogens with one attached hydrogen (secondary N) is 2. The van der Waals surface area contributed by atoms with E-state index in [2.05, 4.69) is 50.9 Å². The maximum atomic E-state index is 4.34. The summed E-state index contributed by atoms with van der Waals surface area (Å²) in [5, 5.41) is 6.93. The Morgan fingerprint density at radius 1 is 0.640 bits per heavy atom. The number of hydrogen-bond acceptors (Lipinski definition) is 4. The van der Waals surface area contributed by atoms with Crippen molar-refractivity contribution in [2.24, 2.45) is 0 Å². The Balaban J connectivity index is 1.40. The van der Waals surface area contributed by atoms with Gasteiger partial charge in [0.15, 0.2) is 0 Å². The lowest BCUT2D eigenvalue weighted by Gasteiger charge is -2.08. The molecule has 3 rings (SSSR count). The first-order valence-electron chi connectivity index (χ1n) is 8.69. The van der Waals surface area contributed by atoms with Crippen molar-refractivity contribution in [1.29, 1.82) is 0 Å². The zero-order valence-electron chi connectivity index (χ0n) is 14.4. The molecular weight excluding hydrogens is 308 g/mol. The van der Waals surface area contributed by atoms with Gasteiger partial charge in [0.2, 0.25) is 0 Å². The molecule has 0 radical (unpaired) electrons. The molecule has 2 N–H and O–H groups in total. The Hall–Kier alpha value is -2.56. The van der Waals surface area contributed by atoms with Crippen LogP contribution in [0.2, 0.25) is 0 Å². The minimum Gasteiger partial charge on any atom is -0.312 e. The summed E-state index contributed by atoms with van der Waals surface area (Å²) in [7, 11) is 0. The van der Waals surface area contributed by atoms with E-state index >= 15 is 0 Å². The number of hydrogen-bond donors (Lipinski definition) is 2. The minimum atomic E-state index is 0.785. The first kappa shape index (κ1) is 17.3. The molecule has 0 aliphatic rings. The molecule has 0 aliphatic heterocycles. The molecule has 0 saturated carbocycles. The van der Waals surface area contributed by atoms with E-state index in [1.165, 1.54) is 11.1 Å². The maximum Gasteiger partial charge on any atom is 0.0541 e. The van der Waals surface area contributed by atoms with Crippen molar-refractivity contribution in [3.05, 3.63) is 95.6 Å². The summed E-state index contributed by atoms with van der Waals surface area (Å²) in [5.74, 6) is 0. The standard InChI is InChI=1S/C21H24N4/c1-3-11-24-20(8-1)10-13-22-15-18-6-5-7-19(14-18)16-23-17-21-9-2-4-12-25-21/h1-9,11-12,14,22-23H,10,13,15-17H2. The highest BCUT2D eigenvalue weighted by molar-refractivity contribution is 5.23. The molecule has 0 saturated heterocycles. The summed E-state index contributed by atoms with van der Waals surface area (Å²) in [4.78, 5) is 8.67. The van der Waals surface area contributed by atoms with Gasteiger partial charge in [0.25, 0.3) is 0 Å². The highest BCUT2D eigenvalue weighted by Crippen LogP contribution is 2.06. The van der Waals surface area contributed by atoms with Crippen molar-refractivity contribution in [3.63, 3.8) is 0 Å². The van der Waals surface area contributed by atoms with Gasteiger partial charge in [0.05, 0.1) is 5.69 Å². The Kier molecular flexibility index (Phi) is 6.68. The van der Waals surface area contributed by atoms with Crippen LogP contribution < -0.4 is 10.6 Å². The Bertz CT molecular complexity index is 744. The van der Waals surface area contributed by atoms with E-state index in [4.69, 9.17) is 0 Å². The van der Waals surface area contributed by atoms with Crippen LogP contribution in [0.3, 0.4) is 0 Å². The summed E-state index contributed by atoms with van der Waals surface area (Å²) in [6, 6.07) is 20.7. The fourth-order valence-corrected chi connectivity index (χ4v) is 2.68. The first-order valence-corrected chi connectivity index (χ1v) is 8.69. The Labute approximate surface area is 149 Å². The van der Waals surface area contributed by atoms with Crippen LogP contribution in [0, 0.1) is 0 Å². The van der Waals surface area contributed by atoms with Gasteiger partial charge < -0.3 is 10.6 Å². The van der Waals surface area contributed by atoms with Crippen LogP contribution in [0.4, 0.5) is 0 Å². The quantitative estimate of drug-likeness (QED) is 0.591. The monoisotopic (exact) mass is 332 g/mol. The van der Waals surface area contributed by atoms with E-state index in [9.17, 15) is 0 Å². The van der Waals surface area contributed by atoms with Crippen molar-refractivity contribution in [1.82, 2.24) is 20.6 Å². The van der Waals surface area contributed by atoms with E-state index < -0.39 is 0 Å². The molecule has 0 spiro atoms. The second kappa shape index (κ2) is 9.67. The lowest BCUT2D eigenvalue weighted by molar-refractivity contribution is 0.669. The zero-order chi connectivity index (χ0) is 17.2. The molecular formula is C21H24N4. The molecule has 4 nitrogen and oxygen atoms in total. The highest BCUT2D eigenvalue weighted by Gasteiger charge is 1.98. The summed E-state index contributed by atoms with van der Waals surface area (Å²) < 4.78 is 0. The largest absolute Gasteiger partial charge is 0.312 e. The van der Waals surface area contributed by atoms with Crippen LogP contribution in [-0.4, -0.2) is 16.5 Å². The summed E-state index contributed by atoms with van der Waals surface area (Å²) in [6.07, 6.45) is 4.62. The van der Waals surface area contributed by atoms with Crippen LogP contribution in [0.25, 0.3) is 0 Å². The smallest absolute Gasteiger partial charge is 0.0541 e. The lowest BCUT2D eigenvalue weighted by atomic mass is 10.1. The fraction of sp³-hybridized carbons (Fsp3) is 0.238. The second-order valence-corrected chi connectivity index (χ2v) is 5.99. The van der Waals surface area contributed by atoms with Crippen LogP contribution in [0.5, 0.6) is 0 Å². The Morgan fingerprint density at radius 2 is 1.32 bits per heavy atom. The lowest BCUT2D eigenvalue weighted by Crippen LogP contribution is -2.17. The molecule has 0 bridgehead atoms. The number of nitrogens with zero attached hydrogens (tertiary/aromatic N) is 2. The van der Waals surface area contributed by atoms with Gasteiger partial charge >= 0.3 is 0 Å². The molecule has 128 valence electrons. The predicted octanol–water partition coefficient (Wildman–Crippen LogP) is 3.10. The van der Waals surface area contributed by atoms with Gasteiger partial charge in [-0.1, -0.05) is 36.4 Å². The number of rotatable bonds is 9. The second-order valence-electron chi connectivity index (χ2n) is 5.99. The average Bonchev–Trinajstić information content (AvgIpc) is 2.67. The average molecular weight is 332 g/mol. The van der Waals surface area contributed by atoms with Gasteiger partial charge in [0.1, 0.15) is 0 Å². The highest BCUT2D eigenvalue weighted by atomic mass is 14.9. The van der Waals surface area contributed by atoms with Crippen LogP contribution in [0.1, 0.15) is 22.5 Å². The summed E-state index contributed by atoms with van der Waals surface area (Å²) in [5.41, 5.74) is 4.79. The van der Waals surface area contributed by atoms with E-state index in [-0.39, 0.29) is 0 Å². The SMILES string of the molecule is c1ccc(CCNCc2cccc(CNCc3ccccn3)c2)nc1. The number of pyridine rings is 2. The van der Waals surface area contributed by atoms with Crippen molar-refractivity contribution < 1.29 is 0 Å². The van der Waals surface area contributed by atoms with E-state index in [1.807, 2.05) is 42.7 Å². The van der Waals surface area contributed by atoms with Crippen molar-refractivity contribution >= 4 is 0 Å². The van der Waals surface area contributed by atoms with Crippen LogP contribution in [0.15, 0.2) is 73.1 Å². The summed E-state index contributed by atoms with van der Waals surface area (Å²) in [6.45, 7) is 3.44. The number of aromatic nitrogens is 2. The molecule has 0 unspecified atom stereocenters. The molecule has 0 fully saturated rings. The van der Waals surface area contributed by atoms with Gasteiger partial charge in [-0.25, -0.2) is 0 Å². The van der Waals surface area contributed by atoms with E-state index in [0.29, 0.717) is 0 Å². The molecule has 3 aromatic rings. The van der Waals surface area contributed by atoms with Gasteiger partial charge in [-0.15, -0.1) is 0 Å². The first-order chi connectivity index (χ1) is 12.4. The molecule has 25 heavy (non-hydrogen) atoms. The van der Waals surface area contributed by atoms with Crippen LogP contribution in [-0.2, 0) is 26.1 Å². The van der Waals surface area contributed by atoms with Crippen LogP contribution >= 0.6 is 0 Å². The van der Waals surface area contributed by atoms with Crippen molar-refractivity contribution in [3.8, 4) is 0 Å².